The highest BCUT2D eigenvalue weighted by Gasteiger charge is 2.34. The number of piperazine rings is 1. The Morgan fingerprint density at radius 1 is 1.03 bits per heavy atom. The molecule has 0 atom stereocenters. The Morgan fingerprint density at radius 3 is 2.41 bits per heavy atom. The Labute approximate surface area is 201 Å². The monoisotopic (exact) mass is 465 g/mol. The zero-order chi connectivity index (χ0) is 24.5. The minimum Gasteiger partial charge on any atom is -0.504 e. The average Bonchev–Trinajstić information content (AvgIpc) is 3.29. The number of phenolic OH excluding ortho intramolecular Hbond substituents is 1. The molecule has 2 aliphatic rings. The average molecular weight is 466 g/mol. The lowest BCUT2D eigenvalue weighted by atomic mass is 9.93. The first kappa shape index (κ1) is 24.1. The number of carbonyl (C=O) groups excluding carboxylic acids is 2. The van der Waals surface area contributed by atoms with Gasteiger partial charge in [-0.05, 0) is 61.6 Å². The number of aryl methyl sites for hydroxylation is 1. The van der Waals surface area contributed by atoms with E-state index in [1.807, 2.05) is 29.2 Å². The Balaban J connectivity index is 1.43. The van der Waals surface area contributed by atoms with Gasteiger partial charge in [0, 0.05) is 57.3 Å². The van der Waals surface area contributed by atoms with Gasteiger partial charge in [-0.3, -0.25) is 14.5 Å². The summed E-state index contributed by atoms with van der Waals surface area (Å²) in [5.41, 5.74) is 4.18. The molecule has 2 aliphatic heterocycles. The Hall–Kier alpha value is -3.06. The van der Waals surface area contributed by atoms with Crippen LogP contribution in [0.1, 0.15) is 54.2 Å². The summed E-state index contributed by atoms with van der Waals surface area (Å²) in [4.78, 5) is 31.1. The van der Waals surface area contributed by atoms with Crippen molar-refractivity contribution >= 4 is 11.8 Å². The summed E-state index contributed by atoms with van der Waals surface area (Å²) in [6.07, 6.45) is 1.80. The van der Waals surface area contributed by atoms with E-state index >= 15 is 0 Å². The number of hydrogen-bond donors (Lipinski definition) is 1. The molecule has 7 heteroatoms. The number of fused-ring (bicyclic) bond motifs is 1. The molecule has 2 aromatic rings. The molecule has 34 heavy (non-hydrogen) atoms. The third kappa shape index (κ3) is 4.89. The maximum absolute atomic E-state index is 13.4. The van der Waals surface area contributed by atoms with Crippen molar-refractivity contribution < 1.29 is 19.4 Å². The van der Waals surface area contributed by atoms with Crippen LogP contribution in [-0.2, 0) is 24.3 Å². The van der Waals surface area contributed by atoms with Crippen LogP contribution in [0.3, 0.4) is 0 Å². The second-order valence-corrected chi connectivity index (χ2v) is 9.92. The van der Waals surface area contributed by atoms with Crippen molar-refractivity contribution in [3.8, 4) is 11.5 Å². The van der Waals surface area contributed by atoms with E-state index in [9.17, 15) is 14.7 Å². The Kier molecular flexibility index (Phi) is 6.84. The van der Waals surface area contributed by atoms with E-state index in [1.165, 1.54) is 5.56 Å². The molecule has 0 aromatic heterocycles. The van der Waals surface area contributed by atoms with Crippen LogP contribution in [0.15, 0.2) is 36.4 Å². The number of rotatable bonds is 6. The number of methoxy groups -OCH3 is 1. The van der Waals surface area contributed by atoms with E-state index in [1.54, 1.807) is 25.0 Å². The van der Waals surface area contributed by atoms with Gasteiger partial charge in [-0.1, -0.05) is 18.2 Å². The molecule has 2 amide bonds. The van der Waals surface area contributed by atoms with Crippen LogP contribution in [0.2, 0.25) is 0 Å². The molecule has 0 unspecified atom stereocenters. The molecule has 0 aliphatic carbocycles. The summed E-state index contributed by atoms with van der Waals surface area (Å²) in [5.74, 6) is 0.781. The molecule has 0 radical (unpaired) electrons. The van der Waals surface area contributed by atoms with Crippen LogP contribution in [-0.4, -0.2) is 70.4 Å². The number of amides is 2. The van der Waals surface area contributed by atoms with Gasteiger partial charge in [0.2, 0.25) is 5.91 Å². The van der Waals surface area contributed by atoms with Gasteiger partial charge in [0.1, 0.15) is 0 Å². The summed E-state index contributed by atoms with van der Waals surface area (Å²) in [6, 6.07) is 11.6. The summed E-state index contributed by atoms with van der Waals surface area (Å²) >= 11 is 0. The largest absolute Gasteiger partial charge is 0.504 e. The van der Waals surface area contributed by atoms with Gasteiger partial charge in [-0.15, -0.1) is 0 Å². The predicted octanol–water partition coefficient (Wildman–Crippen LogP) is 3.43. The molecule has 0 bridgehead atoms. The molecule has 4 rings (SSSR count). The molecule has 1 fully saturated rings. The maximum atomic E-state index is 13.4. The normalized spacial score (nSPS) is 16.5. The minimum atomic E-state index is -0.0719. The van der Waals surface area contributed by atoms with Crippen molar-refractivity contribution in [2.45, 2.75) is 52.2 Å². The van der Waals surface area contributed by atoms with Crippen LogP contribution >= 0.6 is 0 Å². The fourth-order valence-electron chi connectivity index (χ4n) is 4.93. The summed E-state index contributed by atoms with van der Waals surface area (Å²) in [7, 11) is 1.56. The highest BCUT2D eigenvalue weighted by molar-refractivity contribution is 5.96. The molecule has 2 heterocycles. The first-order valence-electron chi connectivity index (χ1n) is 12.0. The maximum Gasteiger partial charge on any atom is 0.254 e. The molecule has 182 valence electrons. The van der Waals surface area contributed by atoms with E-state index < -0.39 is 0 Å². The zero-order valence-corrected chi connectivity index (χ0v) is 20.6. The first-order valence-corrected chi connectivity index (χ1v) is 12.0. The number of benzene rings is 2. The van der Waals surface area contributed by atoms with Crippen LogP contribution in [0, 0.1) is 0 Å². The molecule has 0 spiro atoms. The number of nitrogens with zero attached hydrogens (tertiary/aromatic N) is 3. The first-order chi connectivity index (χ1) is 16.2. The van der Waals surface area contributed by atoms with Gasteiger partial charge >= 0.3 is 0 Å². The zero-order valence-electron chi connectivity index (χ0n) is 20.6. The van der Waals surface area contributed by atoms with Gasteiger partial charge in [0.15, 0.2) is 11.5 Å². The number of hydrogen-bond acceptors (Lipinski definition) is 5. The smallest absolute Gasteiger partial charge is 0.254 e. The number of aromatic hydroxyl groups is 1. The summed E-state index contributed by atoms with van der Waals surface area (Å²) in [6.45, 7) is 9.99. The molecular weight excluding hydrogens is 430 g/mol. The summed E-state index contributed by atoms with van der Waals surface area (Å²) in [5, 5.41) is 9.86. The second kappa shape index (κ2) is 9.66. The van der Waals surface area contributed by atoms with Crippen LogP contribution in [0.4, 0.5) is 0 Å². The standard InChI is InChI=1S/C27H35N3O4/c1-19(31)28-12-14-29(15-13-28)26(33)22-7-5-6-21-17-30(18-23(21)22)27(2,3)11-10-20-8-9-24(32)25(16-20)34-4/h5-9,16,32H,10-15,17-18H2,1-4H3. The molecule has 2 aromatic carbocycles. The van der Waals surface area contributed by atoms with Gasteiger partial charge in [-0.2, -0.15) is 0 Å². The summed E-state index contributed by atoms with van der Waals surface area (Å²) < 4.78 is 5.25. The van der Waals surface area contributed by atoms with E-state index in [2.05, 4.69) is 24.8 Å². The van der Waals surface area contributed by atoms with E-state index in [-0.39, 0.29) is 23.1 Å². The van der Waals surface area contributed by atoms with Crippen molar-refractivity contribution in [3.63, 3.8) is 0 Å². The van der Waals surface area contributed by atoms with Crippen LogP contribution < -0.4 is 4.74 Å². The lowest BCUT2D eigenvalue weighted by Gasteiger charge is -2.36. The third-order valence-corrected chi connectivity index (χ3v) is 7.35. The van der Waals surface area contributed by atoms with Crippen LogP contribution in [0.25, 0.3) is 0 Å². The lowest BCUT2D eigenvalue weighted by Crippen LogP contribution is -2.50. The number of phenols is 1. The van der Waals surface area contributed by atoms with Crippen molar-refractivity contribution in [2.75, 3.05) is 33.3 Å². The van der Waals surface area contributed by atoms with E-state index in [0.717, 1.165) is 42.6 Å². The van der Waals surface area contributed by atoms with Crippen molar-refractivity contribution in [1.82, 2.24) is 14.7 Å². The Morgan fingerprint density at radius 2 is 1.74 bits per heavy atom. The van der Waals surface area contributed by atoms with Gasteiger partial charge in [0.25, 0.3) is 5.91 Å². The number of carbonyl (C=O) groups is 2. The fraction of sp³-hybridized carbons (Fsp3) is 0.481. The molecule has 0 saturated carbocycles. The fourth-order valence-corrected chi connectivity index (χ4v) is 4.93. The van der Waals surface area contributed by atoms with Gasteiger partial charge < -0.3 is 19.6 Å². The van der Waals surface area contributed by atoms with Crippen molar-refractivity contribution in [3.05, 3.63) is 58.7 Å². The van der Waals surface area contributed by atoms with Gasteiger partial charge in [0.05, 0.1) is 7.11 Å². The Bertz CT molecular complexity index is 1070. The van der Waals surface area contributed by atoms with Crippen LogP contribution in [0.5, 0.6) is 11.5 Å². The quantitative estimate of drug-likeness (QED) is 0.708. The van der Waals surface area contributed by atoms with E-state index in [4.69, 9.17) is 4.74 Å². The third-order valence-electron chi connectivity index (χ3n) is 7.35. The SMILES string of the molecule is COc1cc(CCC(C)(C)N2Cc3cccc(C(=O)N4CCN(C(C)=O)CC4)c3C2)ccc1O. The second-order valence-electron chi connectivity index (χ2n) is 9.92. The van der Waals surface area contributed by atoms with Gasteiger partial charge in [-0.25, -0.2) is 0 Å². The highest BCUT2D eigenvalue weighted by Crippen LogP contribution is 2.35. The topological polar surface area (TPSA) is 73.3 Å². The predicted molar refractivity (Wildman–Crippen MR) is 131 cm³/mol. The lowest BCUT2D eigenvalue weighted by molar-refractivity contribution is -0.130. The van der Waals surface area contributed by atoms with Crippen molar-refractivity contribution in [1.29, 1.82) is 0 Å². The minimum absolute atomic E-state index is 0.0656. The molecular formula is C27H35N3O4. The highest BCUT2D eigenvalue weighted by atomic mass is 16.5. The molecule has 1 N–H and O–H groups in total. The van der Waals surface area contributed by atoms with Crippen molar-refractivity contribution in [2.24, 2.45) is 0 Å². The number of ether oxygens (including phenoxy) is 1. The molecule has 1 saturated heterocycles. The van der Waals surface area contributed by atoms with E-state index in [0.29, 0.717) is 31.9 Å². The molecule has 7 nitrogen and oxygen atoms in total.